The summed E-state index contributed by atoms with van der Waals surface area (Å²) in [5, 5.41) is 2.54. The van der Waals surface area contributed by atoms with Gasteiger partial charge in [0.15, 0.2) is 8.32 Å². The van der Waals surface area contributed by atoms with Gasteiger partial charge in [-0.05, 0) is 38.9 Å². The lowest BCUT2D eigenvalue weighted by Crippen LogP contribution is -2.55. The van der Waals surface area contributed by atoms with Crippen LogP contribution in [0, 0.1) is 5.41 Å². The molecular weight excluding hydrogens is 366 g/mol. The molecule has 0 saturated carbocycles. The zero-order chi connectivity index (χ0) is 21.8. The molecule has 1 N–H and O–H groups in total. The van der Waals surface area contributed by atoms with Gasteiger partial charge in [-0.25, -0.2) is 9.59 Å². The number of rotatable bonds is 6. The van der Waals surface area contributed by atoms with Crippen molar-refractivity contribution in [3.63, 3.8) is 0 Å². The number of alkyl carbamates (subject to hydrolysis) is 1. The van der Waals surface area contributed by atoms with E-state index in [4.69, 9.17) is 13.9 Å². The van der Waals surface area contributed by atoms with E-state index >= 15 is 0 Å². The fraction of sp³-hybridized carbons (Fsp3) is 0.842. The van der Waals surface area contributed by atoms with Crippen LogP contribution in [0.3, 0.4) is 0 Å². The number of carbonyl (C=O) groups excluding carboxylic acids is 3. The van der Waals surface area contributed by atoms with Gasteiger partial charge < -0.3 is 19.2 Å². The molecule has 0 spiro atoms. The normalized spacial score (nSPS) is 14.3. The van der Waals surface area contributed by atoms with E-state index in [9.17, 15) is 14.4 Å². The SMILES string of the molecule is CC(=O)OC(=O)C(NC(=O)OC(C)(C)C)C(C)(C)CO[Si](C)(C)C(C)(C)C. The zero-order valence-electron chi connectivity index (χ0n) is 18.7. The summed E-state index contributed by atoms with van der Waals surface area (Å²) in [6.07, 6.45) is -0.756. The molecule has 0 aliphatic heterocycles. The number of amides is 1. The second-order valence-corrected chi connectivity index (χ2v) is 14.8. The predicted molar refractivity (Wildman–Crippen MR) is 107 cm³/mol. The standard InChI is InChI=1S/C19H37NO6Si/c1-13(21)25-15(22)14(20-16(23)26-17(2,3)4)19(8,9)12-24-27(10,11)18(5,6)7/h14H,12H2,1-11H3,(H,20,23). The van der Waals surface area contributed by atoms with Crippen molar-refractivity contribution in [1.29, 1.82) is 0 Å². The molecule has 158 valence electrons. The summed E-state index contributed by atoms with van der Waals surface area (Å²) >= 11 is 0. The summed E-state index contributed by atoms with van der Waals surface area (Å²) in [5.74, 6) is -1.57. The smallest absolute Gasteiger partial charge is 0.408 e. The van der Waals surface area contributed by atoms with E-state index in [-0.39, 0.29) is 11.6 Å². The molecule has 1 amide bonds. The summed E-state index contributed by atoms with van der Waals surface area (Å²) in [7, 11) is -2.07. The Morgan fingerprint density at radius 2 is 1.44 bits per heavy atom. The molecule has 0 radical (unpaired) electrons. The Balaban J connectivity index is 5.47. The van der Waals surface area contributed by atoms with Gasteiger partial charge in [-0.3, -0.25) is 4.79 Å². The molecule has 1 atom stereocenters. The molecule has 0 heterocycles. The van der Waals surface area contributed by atoms with E-state index in [1.54, 1.807) is 34.6 Å². The first kappa shape index (κ1) is 25.6. The van der Waals surface area contributed by atoms with Crippen LogP contribution in [0.5, 0.6) is 0 Å². The molecular formula is C19H37NO6Si. The van der Waals surface area contributed by atoms with E-state index in [0.29, 0.717) is 0 Å². The van der Waals surface area contributed by atoms with Gasteiger partial charge >= 0.3 is 18.0 Å². The third-order valence-corrected chi connectivity index (χ3v) is 9.01. The number of ether oxygens (including phenoxy) is 2. The highest BCUT2D eigenvalue weighted by Crippen LogP contribution is 2.38. The van der Waals surface area contributed by atoms with Crippen LogP contribution in [0.15, 0.2) is 0 Å². The number of hydrogen-bond acceptors (Lipinski definition) is 6. The van der Waals surface area contributed by atoms with Gasteiger partial charge in [0.1, 0.15) is 11.6 Å². The molecule has 0 aromatic carbocycles. The first-order chi connectivity index (χ1) is 11.8. The Morgan fingerprint density at radius 1 is 0.963 bits per heavy atom. The van der Waals surface area contributed by atoms with Gasteiger partial charge in [-0.2, -0.15) is 0 Å². The molecule has 0 rings (SSSR count). The van der Waals surface area contributed by atoms with Crippen LogP contribution in [0.25, 0.3) is 0 Å². The van der Waals surface area contributed by atoms with Gasteiger partial charge in [0.25, 0.3) is 0 Å². The highest BCUT2D eigenvalue weighted by atomic mass is 28.4. The summed E-state index contributed by atoms with van der Waals surface area (Å²) in [5.41, 5.74) is -1.54. The van der Waals surface area contributed by atoms with Crippen LogP contribution in [0.2, 0.25) is 18.1 Å². The summed E-state index contributed by atoms with van der Waals surface area (Å²) in [6, 6.07) is -1.10. The second kappa shape index (κ2) is 8.73. The van der Waals surface area contributed by atoms with Crippen LogP contribution in [-0.4, -0.2) is 44.6 Å². The van der Waals surface area contributed by atoms with Crippen molar-refractivity contribution in [1.82, 2.24) is 5.32 Å². The third kappa shape index (κ3) is 8.88. The number of nitrogens with one attached hydrogen (secondary N) is 1. The van der Waals surface area contributed by atoms with E-state index in [1.807, 2.05) is 0 Å². The first-order valence-electron chi connectivity index (χ1n) is 9.14. The van der Waals surface area contributed by atoms with Crippen molar-refractivity contribution < 1.29 is 28.3 Å². The highest BCUT2D eigenvalue weighted by molar-refractivity contribution is 6.74. The maximum absolute atomic E-state index is 12.5. The van der Waals surface area contributed by atoms with Gasteiger partial charge in [-0.15, -0.1) is 0 Å². The highest BCUT2D eigenvalue weighted by Gasteiger charge is 2.43. The molecule has 0 aliphatic rings. The van der Waals surface area contributed by atoms with Crippen LogP contribution in [0.4, 0.5) is 4.79 Å². The van der Waals surface area contributed by atoms with Gasteiger partial charge in [0.05, 0.1) is 0 Å². The van der Waals surface area contributed by atoms with Crippen molar-refractivity contribution in [2.24, 2.45) is 5.41 Å². The van der Waals surface area contributed by atoms with Crippen molar-refractivity contribution in [2.45, 2.75) is 92.1 Å². The maximum atomic E-state index is 12.5. The van der Waals surface area contributed by atoms with E-state index in [2.05, 4.69) is 39.2 Å². The molecule has 0 aromatic rings. The quantitative estimate of drug-likeness (QED) is 0.409. The Morgan fingerprint density at radius 3 is 1.81 bits per heavy atom. The van der Waals surface area contributed by atoms with Crippen LogP contribution in [-0.2, 0) is 23.5 Å². The average Bonchev–Trinajstić information content (AvgIpc) is 2.38. The van der Waals surface area contributed by atoms with E-state index < -0.39 is 43.4 Å². The molecule has 7 nitrogen and oxygen atoms in total. The minimum atomic E-state index is -2.07. The van der Waals surface area contributed by atoms with Gasteiger partial charge in [0, 0.05) is 18.9 Å². The number of hydrogen-bond donors (Lipinski definition) is 1. The Hall–Kier alpha value is -1.41. The Labute approximate surface area is 164 Å². The monoisotopic (exact) mass is 403 g/mol. The van der Waals surface area contributed by atoms with Gasteiger partial charge in [-0.1, -0.05) is 34.6 Å². The van der Waals surface area contributed by atoms with E-state index in [1.165, 1.54) is 0 Å². The molecule has 8 heteroatoms. The van der Waals surface area contributed by atoms with Crippen LogP contribution in [0.1, 0.15) is 62.3 Å². The van der Waals surface area contributed by atoms with Crippen LogP contribution >= 0.6 is 0 Å². The minimum absolute atomic E-state index is 0.00291. The van der Waals surface area contributed by atoms with Crippen LogP contribution < -0.4 is 5.32 Å². The number of carbonyl (C=O) groups is 3. The maximum Gasteiger partial charge on any atom is 0.408 e. The fourth-order valence-electron chi connectivity index (χ4n) is 1.87. The van der Waals surface area contributed by atoms with E-state index in [0.717, 1.165) is 6.92 Å². The largest absolute Gasteiger partial charge is 0.444 e. The molecule has 0 saturated heterocycles. The molecule has 1 unspecified atom stereocenters. The second-order valence-electron chi connectivity index (χ2n) is 10.0. The number of esters is 2. The lowest BCUT2D eigenvalue weighted by atomic mass is 9.85. The minimum Gasteiger partial charge on any atom is -0.444 e. The molecule has 0 bridgehead atoms. The Bertz CT molecular complexity index is 558. The molecule has 27 heavy (non-hydrogen) atoms. The fourth-order valence-corrected chi connectivity index (χ4v) is 3.03. The first-order valence-corrected chi connectivity index (χ1v) is 12.0. The molecule has 0 aromatic heterocycles. The Kier molecular flexibility index (Phi) is 8.27. The lowest BCUT2D eigenvalue weighted by molar-refractivity contribution is -0.162. The predicted octanol–water partition coefficient (Wildman–Crippen LogP) is 4.02. The summed E-state index contributed by atoms with van der Waals surface area (Å²) in [4.78, 5) is 35.9. The molecule has 0 aliphatic carbocycles. The third-order valence-electron chi connectivity index (χ3n) is 4.53. The average molecular weight is 404 g/mol. The lowest BCUT2D eigenvalue weighted by Gasteiger charge is -2.40. The summed E-state index contributed by atoms with van der Waals surface area (Å²) in [6.45, 7) is 20.7. The van der Waals surface area contributed by atoms with Crippen molar-refractivity contribution in [3.05, 3.63) is 0 Å². The molecule has 0 fully saturated rings. The van der Waals surface area contributed by atoms with Crippen molar-refractivity contribution >= 4 is 26.3 Å². The zero-order valence-corrected chi connectivity index (χ0v) is 19.7. The topological polar surface area (TPSA) is 90.9 Å². The van der Waals surface area contributed by atoms with Crippen molar-refractivity contribution in [3.8, 4) is 0 Å². The summed E-state index contributed by atoms with van der Waals surface area (Å²) < 4.78 is 16.2. The van der Waals surface area contributed by atoms with Crippen molar-refractivity contribution in [2.75, 3.05) is 6.61 Å². The van der Waals surface area contributed by atoms with Gasteiger partial charge in [0.2, 0.25) is 0 Å².